The molecule has 5 nitrogen and oxygen atoms in total. The molecule has 1 rings (SSSR count). The van der Waals surface area contributed by atoms with Crippen molar-refractivity contribution < 1.29 is 15.0 Å². The largest absolute Gasteiger partial charge is 0.465 e. The number of rotatable bonds is 3. The summed E-state index contributed by atoms with van der Waals surface area (Å²) in [4.78, 5) is 12.0. The van der Waals surface area contributed by atoms with Gasteiger partial charge in [0.2, 0.25) is 0 Å². The summed E-state index contributed by atoms with van der Waals surface area (Å²) >= 11 is 0. The van der Waals surface area contributed by atoms with Crippen LogP contribution < -0.4 is 5.32 Å². The Morgan fingerprint density at radius 1 is 1.46 bits per heavy atom. The zero-order chi connectivity index (χ0) is 9.68. The molecule has 5 heteroatoms. The van der Waals surface area contributed by atoms with Gasteiger partial charge in [0.1, 0.15) is 0 Å². The van der Waals surface area contributed by atoms with Gasteiger partial charge in [-0.25, -0.2) is 4.79 Å². The summed E-state index contributed by atoms with van der Waals surface area (Å²) in [6, 6.07) is 0.364. The van der Waals surface area contributed by atoms with E-state index in [1.54, 1.807) is 0 Å². The second kappa shape index (κ2) is 5.04. The van der Waals surface area contributed by atoms with E-state index in [9.17, 15) is 4.79 Å². The SMILES string of the molecule is O=C(O)N1CCC(NCCO)CC1. The molecule has 0 aromatic carbocycles. The molecule has 0 unspecified atom stereocenters. The summed E-state index contributed by atoms with van der Waals surface area (Å²) in [5.74, 6) is 0. The first kappa shape index (κ1) is 10.3. The molecule has 1 aliphatic rings. The third-order valence-electron chi connectivity index (χ3n) is 2.31. The van der Waals surface area contributed by atoms with Gasteiger partial charge in [-0.3, -0.25) is 0 Å². The van der Waals surface area contributed by atoms with Crippen molar-refractivity contribution in [2.24, 2.45) is 0 Å². The Bertz CT molecular complexity index is 167. The third-order valence-corrected chi connectivity index (χ3v) is 2.31. The fraction of sp³-hybridized carbons (Fsp3) is 0.875. The number of nitrogens with zero attached hydrogens (tertiary/aromatic N) is 1. The second-order valence-corrected chi connectivity index (χ2v) is 3.22. The van der Waals surface area contributed by atoms with Crippen LogP contribution in [0.3, 0.4) is 0 Å². The van der Waals surface area contributed by atoms with Crippen LogP contribution in [-0.2, 0) is 0 Å². The minimum absolute atomic E-state index is 0.138. The van der Waals surface area contributed by atoms with Crippen LogP contribution in [0.2, 0.25) is 0 Å². The highest BCUT2D eigenvalue weighted by atomic mass is 16.4. The maximum Gasteiger partial charge on any atom is 0.407 e. The smallest absolute Gasteiger partial charge is 0.407 e. The lowest BCUT2D eigenvalue weighted by molar-refractivity contribution is 0.128. The van der Waals surface area contributed by atoms with Gasteiger partial charge < -0.3 is 20.4 Å². The number of nitrogens with one attached hydrogen (secondary N) is 1. The molecule has 13 heavy (non-hydrogen) atoms. The predicted octanol–water partition coefficient (Wildman–Crippen LogP) is -0.289. The Morgan fingerprint density at radius 3 is 2.54 bits per heavy atom. The molecule has 3 N–H and O–H groups in total. The topological polar surface area (TPSA) is 72.8 Å². The van der Waals surface area contributed by atoms with Crippen LogP contribution in [0.1, 0.15) is 12.8 Å². The van der Waals surface area contributed by atoms with Crippen LogP contribution in [-0.4, -0.2) is 53.5 Å². The molecule has 76 valence electrons. The van der Waals surface area contributed by atoms with E-state index in [-0.39, 0.29) is 6.61 Å². The number of hydrogen-bond acceptors (Lipinski definition) is 3. The number of hydrogen-bond donors (Lipinski definition) is 3. The number of aliphatic hydroxyl groups excluding tert-OH is 1. The zero-order valence-corrected chi connectivity index (χ0v) is 7.57. The molecule has 1 saturated heterocycles. The van der Waals surface area contributed by atoms with Gasteiger partial charge in [-0.1, -0.05) is 0 Å². The highest BCUT2D eigenvalue weighted by molar-refractivity contribution is 5.65. The normalized spacial score (nSPS) is 19.0. The molecule has 0 spiro atoms. The number of likely N-dealkylation sites (tertiary alicyclic amines) is 1. The van der Waals surface area contributed by atoms with E-state index in [0.29, 0.717) is 25.7 Å². The molecule has 1 heterocycles. The molecule has 1 fully saturated rings. The van der Waals surface area contributed by atoms with Crippen LogP contribution in [0.5, 0.6) is 0 Å². The lowest BCUT2D eigenvalue weighted by atomic mass is 10.1. The van der Waals surface area contributed by atoms with Crippen molar-refractivity contribution >= 4 is 6.09 Å². The standard InChI is InChI=1S/C8H16N2O3/c11-6-3-9-7-1-4-10(5-2-7)8(12)13/h7,9,11H,1-6H2,(H,12,13). The van der Waals surface area contributed by atoms with E-state index in [1.165, 1.54) is 4.90 Å². The van der Waals surface area contributed by atoms with Gasteiger partial charge >= 0.3 is 6.09 Å². The summed E-state index contributed by atoms with van der Waals surface area (Å²) in [5.41, 5.74) is 0. The number of piperidine rings is 1. The Balaban J connectivity index is 2.18. The molecule has 1 aliphatic heterocycles. The second-order valence-electron chi connectivity index (χ2n) is 3.22. The van der Waals surface area contributed by atoms with Gasteiger partial charge in [0.15, 0.2) is 0 Å². The average Bonchev–Trinajstić information content (AvgIpc) is 2.15. The number of carboxylic acid groups (broad SMARTS) is 1. The van der Waals surface area contributed by atoms with Crippen molar-refractivity contribution in [1.29, 1.82) is 0 Å². The summed E-state index contributed by atoms with van der Waals surface area (Å²) in [6.45, 7) is 1.92. The molecule has 0 atom stereocenters. The van der Waals surface area contributed by atoms with Crippen molar-refractivity contribution in [2.75, 3.05) is 26.2 Å². The maximum absolute atomic E-state index is 10.5. The molecular formula is C8H16N2O3. The molecule has 0 radical (unpaired) electrons. The van der Waals surface area contributed by atoms with Crippen LogP contribution in [0.15, 0.2) is 0 Å². The van der Waals surface area contributed by atoms with E-state index in [0.717, 1.165) is 12.8 Å². The van der Waals surface area contributed by atoms with E-state index in [1.807, 2.05) is 0 Å². The quantitative estimate of drug-likeness (QED) is 0.569. The monoisotopic (exact) mass is 188 g/mol. The summed E-state index contributed by atoms with van der Waals surface area (Å²) in [6.07, 6.45) is 0.846. The summed E-state index contributed by atoms with van der Waals surface area (Å²) in [5, 5.41) is 20.4. The van der Waals surface area contributed by atoms with E-state index in [4.69, 9.17) is 10.2 Å². The van der Waals surface area contributed by atoms with Crippen LogP contribution >= 0.6 is 0 Å². The van der Waals surface area contributed by atoms with Gasteiger partial charge in [-0.15, -0.1) is 0 Å². The number of aliphatic hydroxyl groups is 1. The average molecular weight is 188 g/mol. The minimum Gasteiger partial charge on any atom is -0.465 e. The van der Waals surface area contributed by atoms with Crippen LogP contribution in [0.4, 0.5) is 4.79 Å². The zero-order valence-electron chi connectivity index (χ0n) is 7.57. The highest BCUT2D eigenvalue weighted by Crippen LogP contribution is 2.09. The highest BCUT2D eigenvalue weighted by Gasteiger charge is 2.21. The Labute approximate surface area is 77.3 Å². The summed E-state index contributed by atoms with van der Waals surface area (Å²) in [7, 11) is 0. The van der Waals surface area contributed by atoms with Crippen molar-refractivity contribution in [1.82, 2.24) is 10.2 Å². The van der Waals surface area contributed by atoms with Crippen molar-refractivity contribution in [3.8, 4) is 0 Å². The fourth-order valence-corrected chi connectivity index (χ4v) is 1.54. The van der Waals surface area contributed by atoms with E-state index < -0.39 is 6.09 Å². The number of carbonyl (C=O) groups is 1. The molecule has 0 aromatic rings. The third kappa shape index (κ3) is 3.20. The van der Waals surface area contributed by atoms with Crippen molar-refractivity contribution in [3.05, 3.63) is 0 Å². The Kier molecular flexibility index (Phi) is 3.98. The van der Waals surface area contributed by atoms with E-state index >= 15 is 0 Å². The van der Waals surface area contributed by atoms with Crippen molar-refractivity contribution in [3.63, 3.8) is 0 Å². The summed E-state index contributed by atoms with van der Waals surface area (Å²) < 4.78 is 0. The fourth-order valence-electron chi connectivity index (χ4n) is 1.54. The molecular weight excluding hydrogens is 172 g/mol. The van der Waals surface area contributed by atoms with Crippen molar-refractivity contribution in [2.45, 2.75) is 18.9 Å². The van der Waals surface area contributed by atoms with Gasteiger partial charge in [-0.2, -0.15) is 0 Å². The Hall–Kier alpha value is -0.810. The van der Waals surface area contributed by atoms with Gasteiger partial charge in [0.05, 0.1) is 6.61 Å². The van der Waals surface area contributed by atoms with Crippen LogP contribution in [0, 0.1) is 0 Å². The molecule has 0 aliphatic carbocycles. The minimum atomic E-state index is -0.833. The first-order valence-corrected chi connectivity index (χ1v) is 4.56. The lowest BCUT2D eigenvalue weighted by Gasteiger charge is -2.30. The molecule has 0 aromatic heterocycles. The first-order chi connectivity index (χ1) is 6.24. The number of amides is 1. The molecule has 0 saturated carbocycles. The van der Waals surface area contributed by atoms with Gasteiger partial charge in [-0.05, 0) is 12.8 Å². The van der Waals surface area contributed by atoms with E-state index in [2.05, 4.69) is 5.32 Å². The van der Waals surface area contributed by atoms with Gasteiger partial charge in [0, 0.05) is 25.7 Å². The molecule has 1 amide bonds. The van der Waals surface area contributed by atoms with Gasteiger partial charge in [0.25, 0.3) is 0 Å². The maximum atomic E-state index is 10.5. The van der Waals surface area contributed by atoms with Crippen LogP contribution in [0.25, 0.3) is 0 Å². The predicted molar refractivity (Wildman–Crippen MR) is 47.7 cm³/mol. The molecule has 0 bridgehead atoms. The lowest BCUT2D eigenvalue weighted by Crippen LogP contribution is -2.45. The first-order valence-electron chi connectivity index (χ1n) is 4.56. The Morgan fingerprint density at radius 2 is 2.08 bits per heavy atom.